The highest BCUT2D eigenvalue weighted by atomic mass is 127. The molecule has 0 heterocycles. The molecule has 0 saturated heterocycles. The highest BCUT2D eigenvalue weighted by molar-refractivity contribution is 14.1. The second-order valence-corrected chi connectivity index (χ2v) is 6.25. The standard InChI is InChI=1S/C16H22INO.C2H2O4/c1-4-9-18(10-5-2)11-6-12-19-16-8-7-14(3)13-15(16)17;3-1(4)2(5)6/h4-5,7-8,13H,1-2,6,9-12H2,3H3;(H,3,4)(H,5,6). The van der Waals surface area contributed by atoms with Crippen LogP contribution in [-0.2, 0) is 9.59 Å². The number of hydrogen-bond donors (Lipinski definition) is 2. The second kappa shape index (κ2) is 13.4. The summed E-state index contributed by atoms with van der Waals surface area (Å²) < 4.78 is 6.99. The zero-order valence-electron chi connectivity index (χ0n) is 14.3. The normalized spacial score (nSPS) is 9.72. The number of carboxylic acid groups (broad SMARTS) is 2. The van der Waals surface area contributed by atoms with E-state index in [9.17, 15) is 0 Å². The van der Waals surface area contributed by atoms with E-state index in [4.69, 9.17) is 24.5 Å². The molecule has 0 aromatic heterocycles. The SMILES string of the molecule is C=CCN(CC=C)CCCOc1ccc(C)cc1I.O=C(O)C(=O)O. The van der Waals surface area contributed by atoms with E-state index in [1.165, 1.54) is 9.13 Å². The largest absolute Gasteiger partial charge is 0.492 e. The minimum Gasteiger partial charge on any atom is -0.492 e. The molecule has 0 spiro atoms. The zero-order valence-corrected chi connectivity index (χ0v) is 16.4. The number of hydrogen-bond acceptors (Lipinski definition) is 4. The van der Waals surface area contributed by atoms with E-state index in [0.717, 1.165) is 38.4 Å². The molecule has 0 aliphatic rings. The fraction of sp³-hybridized carbons (Fsp3) is 0.333. The fourth-order valence-electron chi connectivity index (χ4n) is 1.82. The van der Waals surface area contributed by atoms with Crippen molar-refractivity contribution >= 4 is 34.5 Å². The van der Waals surface area contributed by atoms with Gasteiger partial charge in [0.15, 0.2) is 0 Å². The van der Waals surface area contributed by atoms with Crippen LogP contribution < -0.4 is 4.74 Å². The van der Waals surface area contributed by atoms with Crippen molar-refractivity contribution < 1.29 is 24.5 Å². The van der Waals surface area contributed by atoms with Gasteiger partial charge in [-0.15, -0.1) is 13.2 Å². The second-order valence-electron chi connectivity index (χ2n) is 5.08. The molecular formula is C18H24INO5. The third kappa shape index (κ3) is 11.3. The Morgan fingerprint density at radius 2 is 1.76 bits per heavy atom. The van der Waals surface area contributed by atoms with Crippen LogP contribution in [0.5, 0.6) is 5.75 Å². The third-order valence-corrected chi connectivity index (χ3v) is 3.76. The topological polar surface area (TPSA) is 87.1 Å². The smallest absolute Gasteiger partial charge is 0.414 e. The Labute approximate surface area is 161 Å². The van der Waals surface area contributed by atoms with Crippen molar-refractivity contribution in [2.45, 2.75) is 13.3 Å². The molecule has 0 bridgehead atoms. The predicted molar refractivity (Wildman–Crippen MR) is 106 cm³/mol. The Hall–Kier alpha value is -1.87. The van der Waals surface area contributed by atoms with Crippen LogP contribution in [0.15, 0.2) is 43.5 Å². The van der Waals surface area contributed by atoms with Gasteiger partial charge < -0.3 is 14.9 Å². The molecule has 0 unspecified atom stereocenters. The lowest BCUT2D eigenvalue weighted by Gasteiger charge is -2.18. The van der Waals surface area contributed by atoms with Crippen LogP contribution in [0.1, 0.15) is 12.0 Å². The number of rotatable bonds is 9. The highest BCUT2D eigenvalue weighted by Crippen LogP contribution is 2.21. The average Bonchev–Trinajstić information content (AvgIpc) is 2.54. The number of halogens is 1. The van der Waals surface area contributed by atoms with E-state index in [-0.39, 0.29) is 0 Å². The summed E-state index contributed by atoms with van der Waals surface area (Å²) in [5.41, 5.74) is 1.26. The lowest BCUT2D eigenvalue weighted by atomic mass is 10.2. The van der Waals surface area contributed by atoms with E-state index in [1.54, 1.807) is 0 Å². The first kappa shape index (κ1) is 23.1. The van der Waals surface area contributed by atoms with Crippen LogP contribution >= 0.6 is 22.6 Å². The lowest BCUT2D eigenvalue weighted by Crippen LogP contribution is -2.26. The predicted octanol–water partition coefficient (Wildman–Crippen LogP) is 3.20. The summed E-state index contributed by atoms with van der Waals surface area (Å²) in [6, 6.07) is 6.26. The molecule has 1 aromatic carbocycles. The summed E-state index contributed by atoms with van der Waals surface area (Å²) in [5.74, 6) is -2.67. The molecule has 0 aliphatic carbocycles. The molecule has 0 saturated carbocycles. The Bertz CT molecular complexity index is 567. The van der Waals surface area contributed by atoms with Gasteiger partial charge in [-0.1, -0.05) is 18.2 Å². The summed E-state index contributed by atoms with van der Waals surface area (Å²) in [7, 11) is 0. The first-order valence-corrected chi connectivity index (χ1v) is 8.69. The van der Waals surface area contributed by atoms with E-state index >= 15 is 0 Å². The zero-order chi connectivity index (χ0) is 19.2. The molecule has 1 aromatic rings. The van der Waals surface area contributed by atoms with Gasteiger partial charge in [0.2, 0.25) is 0 Å². The van der Waals surface area contributed by atoms with Gasteiger partial charge in [-0.3, -0.25) is 4.90 Å². The number of aliphatic carboxylic acids is 2. The van der Waals surface area contributed by atoms with Crippen LogP contribution in [0.2, 0.25) is 0 Å². The van der Waals surface area contributed by atoms with Gasteiger partial charge in [-0.25, -0.2) is 9.59 Å². The Kier molecular flexibility index (Phi) is 12.4. The molecule has 0 fully saturated rings. The van der Waals surface area contributed by atoms with E-state index < -0.39 is 11.9 Å². The number of nitrogens with zero attached hydrogens (tertiary/aromatic N) is 1. The van der Waals surface area contributed by atoms with Gasteiger partial charge in [0.05, 0.1) is 10.2 Å². The molecule has 7 heteroatoms. The Morgan fingerprint density at radius 3 is 2.20 bits per heavy atom. The minimum absolute atomic E-state index is 0.740. The Balaban J connectivity index is 0.000000823. The maximum absolute atomic E-state index is 9.10. The van der Waals surface area contributed by atoms with Gasteiger partial charge >= 0.3 is 11.9 Å². The van der Waals surface area contributed by atoms with Crippen LogP contribution in [0.3, 0.4) is 0 Å². The van der Waals surface area contributed by atoms with Crippen molar-refractivity contribution in [3.8, 4) is 5.75 Å². The molecule has 6 nitrogen and oxygen atoms in total. The van der Waals surface area contributed by atoms with Gasteiger partial charge in [-0.2, -0.15) is 0 Å². The van der Waals surface area contributed by atoms with Crippen molar-refractivity contribution in [3.63, 3.8) is 0 Å². The summed E-state index contributed by atoms with van der Waals surface area (Å²) in [6.45, 7) is 13.2. The van der Waals surface area contributed by atoms with Crippen molar-refractivity contribution in [1.29, 1.82) is 0 Å². The van der Waals surface area contributed by atoms with E-state index in [0.29, 0.717) is 0 Å². The number of ether oxygens (including phenoxy) is 1. The number of aryl methyl sites for hydroxylation is 1. The molecule has 0 aliphatic heterocycles. The maximum Gasteiger partial charge on any atom is 0.414 e. The number of benzene rings is 1. The average molecular weight is 461 g/mol. The third-order valence-electron chi connectivity index (χ3n) is 2.92. The fourth-order valence-corrected chi connectivity index (χ4v) is 2.64. The van der Waals surface area contributed by atoms with Gasteiger partial charge in [0, 0.05) is 19.6 Å². The van der Waals surface area contributed by atoms with E-state index in [1.807, 2.05) is 18.2 Å². The first-order chi connectivity index (χ1) is 11.8. The van der Waals surface area contributed by atoms with Crippen LogP contribution in [0.4, 0.5) is 0 Å². The van der Waals surface area contributed by atoms with Crippen LogP contribution in [0, 0.1) is 10.5 Å². The molecule has 2 N–H and O–H groups in total. The quantitative estimate of drug-likeness (QED) is 0.254. The van der Waals surface area contributed by atoms with Gasteiger partial charge in [0.25, 0.3) is 0 Å². The van der Waals surface area contributed by atoms with Crippen molar-refractivity contribution in [3.05, 3.63) is 52.6 Å². The lowest BCUT2D eigenvalue weighted by molar-refractivity contribution is -0.159. The molecule has 1 rings (SSSR count). The molecule has 25 heavy (non-hydrogen) atoms. The van der Waals surface area contributed by atoms with Crippen molar-refractivity contribution in [1.82, 2.24) is 4.90 Å². The van der Waals surface area contributed by atoms with Gasteiger partial charge in [0.1, 0.15) is 5.75 Å². The van der Waals surface area contributed by atoms with Crippen LogP contribution in [0.25, 0.3) is 0 Å². The molecule has 0 atom stereocenters. The highest BCUT2D eigenvalue weighted by Gasteiger charge is 2.04. The maximum atomic E-state index is 9.10. The summed E-state index contributed by atoms with van der Waals surface area (Å²) in [4.78, 5) is 20.5. The van der Waals surface area contributed by atoms with Crippen molar-refractivity contribution in [2.24, 2.45) is 0 Å². The summed E-state index contributed by atoms with van der Waals surface area (Å²) >= 11 is 2.32. The molecule has 138 valence electrons. The van der Waals surface area contributed by atoms with E-state index in [2.05, 4.69) is 59.7 Å². The summed E-state index contributed by atoms with van der Waals surface area (Å²) in [6.07, 6.45) is 4.85. The first-order valence-electron chi connectivity index (χ1n) is 7.61. The van der Waals surface area contributed by atoms with Crippen LogP contribution in [-0.4, -0.2) is 53.3 Å². The monoisotopic (exact) mass is 461 g/mol. The molecule has 0 radical (unpaired) electrons. The molecular weight excluding hydrogens is 437 g/mol. The number of carbonyl (C=O) groups is 2. The molecule has 0 amide bonds. The number of carboxylic acids is 2. The van der Waals surface area contributed by atoms with Gasteiger partial charge in [-0.05, 0) is 53.6 Å². The van der Waals surface area contributed by atoms with Crippen molar-refractivity contribution in [2.75, 3.05) is 26.2 Å². The Morgan fingerprint density at radius 1 is 1.20 bits per heavy atom. The minimum atomic E-state index is -1.82. The summed E-state index contributed by atoms with van der Waals surface area (Å²) in [5, 5.41) is 14.8.